The maximum atomic E-state index is 13.7. The van der Waals surface area contributed by atoms with Gasteiger partial charge in [-0.2, -0.15) is 0 Å². The Kier molecular flexibility index (Phi) is 7.69. The number of rotatable bonds is 6. The molecule has 184 valence electrons. The Morgan fingerprint density at radius 2 is 1.66 bits per heavy atom. The number of carbonyl (C=O) groups excluding carboxylic acids is 3. The predicted molar refractivity (Wildman–Crippen MR) is 124 cm³/mol. The number of amides is 2. The number of anilines is 1. The van der Waals surface area contributed by atoms with Crippen LogP contribution in [0.15, 0.2) is 47.3 Å². The molecule has 3 aromatic rings. The molecule has 0 radical (unpaired) electrons. The van der Waals surface area contributed by atoms with Crippen molar-refractivity contribution in [3.63, 3.8) is 0 Å². The first-order valence-corrected chi connectivity index (χ1v) is 10.6. The molecule has 1 aromatic heterocycles. The Morgan fingerprint density at radius 1 is 1.00 bits per heavy atom. The van der Waals surface area contributed by atoms with Crippen molar-refractivity contribution < 1.29 is 37.7 Å². The zero-order chi connectivity index (χ0) is 25.7. The van der Waals surface area contributed by atoms with Gasteiger partial charge in [0.25, 0.3) is 11.5 Å². The van der Waals surface area contributed by atoms with Crippen molar-refractivity contribution in [3.8, 4) is 11.5 Å². The lowest BCUT2D eigenvalue weighted by Gasteiger charge is -2.22. The van der Waals surface area contributed by atoms with E-state index < -0.39 is 40.8 Å². The van der Waals surface area contributed by atoms with Gasteiger partial charge in [-0.3, -0.25) is 9.59 Å². The Labute approximate surface area is 199 Å². The van der Waals surface area contributed by atoms with Crippen LogP contribution in [0.3, 0.4) is 0 Å². The molecule has 0 fully saturated rings. The third kappa shape index (κ3) is 5.08. The summed E-state index contributed by atoms with van der Waals surface area (Å²) in [5.74, 6) is -1.84. The van der Waals surface area contributed by atoms with E-state index in [1.165, 1.54) is 39.3 Å². The molecule has 0 unspecified atom stereocenters. The molecule has 0 N–H and O–H groups in total. The molecule has 1 heterocycles. The topological polar surface area (TPSA) is 113 Å². The van der Waals surface area contributed by atoms with E-state index in [0.29, 0.717) is 16.2 Å². The minimum absolute atomic E-state index is 0.0290. The van der Waals surface area contributed by atoms with Crippen molar-refractivity contribution in [3.05, 3.63) is 64.2 Å². The number of nitrogens with zero attached hydrogens (tertiary/aromatic N) is 2. The van der Waals surface area contributed by atoms with E-state index in [2.05, 4.69) is 0 Å². The van der Waals surface area contributed by atoms with Gasteiger partial charge in [0.1, 0.15) is 17.1 Å². The molecule has 0 aliphatic heterocycles. The summed E-state index contributed by atoms with van der Waals surface area (Å²) >= 11 is 0. The lowest BCUT2D eigenvalue weighted by Crippen LogP contribution is -2.41. The minimum Gasteiger partial charge on any atom is -0.497 e. The SMILES string of the molecule is CCOC(=O)Oc1c(C(=O)N(C(=O)OCC)c2ccc(F)cc2)c(=O)n(C)c2ccc(OC)cc12. The highest BCUT2D eigenvalue weighted by atomic mass is 19.1. The number of imide groups is 1. The average Bonchev–Trinajstić information content (AvgIpc) is 2.83. The molecule has 10 nitrogen and oxygen atoms in total. The van der Waals surface area contributed by atoms with Crippen molar-refractivity contribution >= 4 is 34.7 Å². The number of ether oxygens (including phenoxy) is 4. The number of methoxy groups -OCH3 is 1. The molecule has 2 aromatic carbocycles. The molecule has 3 rings (SSSR count). The fraction of sp³-hybridized carbons (Fsp3) is 0.250. The second-order valence-corrected chi connectivity index (χ2v) is 7.05. The molecule has 0 aliphatic carbocycles. The fourth-order valence-electron chi connectivity index (χ4n) is 3.35. The number of carbonyl (C=O) groups is 3. The molecule has 0 bridgehead atoms. The molecule has 0 spiro atoms. The highest BCUT2D eigenvalue weighted by Crippen LogP contribution is 2.32. The highest BCUT2D eigenvalue weighted by Gasteiger charge is 2.33. The van der Waals surface area contributed by atoms with Gasteiger partial charge in [-0.15, -0.1) is 0 Å². The summed E-state index contributed by atoms with van der Waals surface area (Å²) in [7, 11) is 2.83. The maximum Gasteiger partial charge on any atom is 0.513 e. The van der Waals surface area contributed by atoms with Gasteiger partial charge in [0.15, 0.2) is 5.75 Å². The molecule has 2 amide bonds. The summed E-state index contributed by atoms with van der Waals surface area (Å²) < 4.78 is 35.1. The molecule has 11 heteroatoms. The maximum absolute atomic E-state index is 13.7. The lowest BCUT2D eigenvalue weighted by molar-refractivity contribution is 0.0952. The summed E-state index contributed by atoms with van der Waals surface area (Å²) in [4.78, 5) is 52.7. The van der Waals surface area contributed by atoms with E-state index in [9.17, 15) is 23.6 Å². The number of pyridine rings is 1. The van der Waals surface area contributed by atoms with Crippen LogP contribution < -0.4 is 19.9 Å². The number of aromatic nitrogens is 1. The first kappa shape index (κ1) is 25.2. The lowest BCUT2D eigenvalue weighted by atomic mass is 10.1. The number of benzene rings is 2. The van der Waals surface area contributed by atoms with Gasteiger partial charge in [0.2, 0.25) is 0 Å². The predicted octanol–water partition coefficient (Wildman–Crippen LogP) is 4.02. The van der Waals surface area contributed by atoms with Gasteiger partial charge in [-0.05, 0) is 56.3 Å². The van der Waals surface area contributed by atoms with Crippen LogP contribution in [-0.2, 0) is 16.5 Å². The van der Waals surface area contributed by atoms with Crippen LogP contribution in [0.25, 0.3) is 10.9 Å². The average molecular weight is 486 g/mol. The van der Waals surface area contributed by atoms with Gasteiger partial charge in [-0.25, -0.2) is 18.9 Å². The van der Waals surface area contributed by atoms with Gasteiger partial charge in [0, 0.05) is 12.4 Å². The number of halogens is 1. The van der Waals surface area contributed by atoms with Crippen molar-refractivity contribution in [2.24, 2.45) is 7.05 Å². The van der Waals surface area contributed by atoms with Crippen LogP contribution in [0.4, 0.5) is 19.7 Å². The first-order valence-electron chi connectivity index (χ1n) is 10.6. The van der Waals surface area contributed by atoms with E-state index in [0.717, 1.165) is 16.7 Å². The summed E-state index contributed by atoms with van der Waals surface area (Å²) in [5.41, 5.74) is -1.25. The van der Waals surface area contributed by atoms with Crippen molar-refractivity contribution in [1.29, 1.82) is 0 Å². The van der Waals surface area contributed by atoms with E-state index in [1.54, 1.807) is 19.1 Å². The summed E-state index contributed by atoms with van der Waals surface area (Å²) in [6, 6.07) is 9.01. The van der Waals surface area contributed by atoms with E-state index in [1.807, 2.05) is 0 Å². The van der Waals surface area contributed by atoms with Crippen LogP contribution in [0, 0.1) is 5.82 Å². The number of aryl methyl sites for hydroxylation is 1. The fourth-order valence-corrected chi connectivity index (χ4v) is 3.35. The van der Waals surface area contributed by atoms with Crippen LogP contribution in [0.1, 0.15) is 24.2 Å². The summed E-state index contributed by atoms with van der Waals surface area (Å²) in [5, 5.41) is 0.172. The standard InChI is InChI=1S/C24H23FN2O8/c1-5-33-23(30)27(15-9-7-14(25)8-10-15)22(29)19-20(35-24(31)34-6-2)17-13-16(32-4)11-12-18(17)26(3)21(19)28/h7-13H,5-6H2,1-4H3. The Bertz CT molecular complexity index is 1330. The molecule has 0 saturated carbocycles. The second-order valence-electron chi connectivity index (χ2n) is 7.05. The summed E-state index contributed by atoms with van der Waals surface area (Å²) in [6.07, 6.45) is -2.28. The van der Waals surface area contributed by atoms with E-state index in [-0.39, 0.29) is 24.3 Å². The van der Waals surface area contributed by atoms with E-state index >= 15 is 0 Å². The minimum atomic E-state index is -1.16. The largest absolute Gasteiger partial charge is 0.513 e. The van der Waals surface area contributed by atoms with Gasteiger partial charge in [0.05, 0.1) is 31.5 Å². The third-order valence-electron chi connectivity index (χ3n) is 4.96. The van der Waals surface area contributed by atoms with Crippen molar-refractivity contribution in [2.75, 3.05) is 25.2 Å². The Morgan fingerprint density at radius 3 is 2.26 bits per heavy atom. The number of fused-ring (bicyclic) bond motifs is 1. The normalized spacial score (nSPS) is 10.5. The van der Waals surface area contributed by atoms with Crippen LogP contribution >= 0.6 is 0 Å². The molecular weight excluding hydrogens is 463 g/mol. The van der Waals surface area contributed by atoms with Crippen molar-refractivity contribution in [1.82, 2.24) is 4.57 Å². The first-order chi connectivity index (χ1) is 16.7. The van der Waals surface area contributed by atoms with Gasteiger partial charge >= 0.3 is 12.2 Å². The second kappa shape index (κ2) is 10.7. The van der Waals surface area contributed by atoms with Crippen LogP contribution in [-0.4, -0.2) is 43.0 Å². The van der Waals surface area contributed by atoms with Crippen LogP contribution in [0.5, 0.6) is 11.5 Å². The van der Waals surface area contributed by atoms with E-state index in [4.69, 9.17) is 18.9 Å². The smallest absolute Gasteiger partial charge is 0.497 e. The molecule has 0 atom stereocenters. The third-order valence-corrected chi connectivity index (χ3v) is 4.96. The Hall–Kier alpha value is -4.41. The molecule has 0 aliphatic rings. The summed E-state index contributed by atoms with van der Waals surface area (Å²) in [6.45, 7) is 2.97. The number of hydrogen-bond donors (Lipinski definition) is 0. The zero-order valence-electron chi connectivity index (χ0n) is 19.5. The zero-order valence-corrected chi connectivity index (χ0v) is 19.5. The van der Waals surface area contributed by atoms with Crippen molar-refractivity contribution in [2.45, 2.75) is 13.8 Å². The monoisotopic (exact) mass is 486 g/mol. The van der Waals surface area contributed by atoms with Gasteiger partial charge in [-0.1, -0.05) is 0 Å². The Balaban J connectivity index is 2.33. The van der Waals surface area contributed by atoms with Gasteiger partial charge < -0.3 is 23.5 Å². The number of hydrogen-bond acceptors (Lipinski definition) is 8. The molecule has 0 saturated heterocycles. The van der Waals surface area contributed by atoms with Crippen LogP contribution in [0.2, 0.25) is 0 Å². The molecular formula is C24H23FN2O8. The quantitative estimate of drug-likeness (QED) is 0.480. The molecule has 35 heavy (non-hydrogen) atoms. The highest BCUT2D eigenvalue weighted by molar-refractivity contribution is 6.21.